The number of rotatable bonds is 2. The van der Waals surface area contributed by atoms with Gasteiger partial charge in [-0.3, -0.25) is 4.68 Å². The van der Waals surface area contributed by atoms with Crippen LogP contribution in [0.3, 0.4) is 0 Å². The zero-order valence-electron chi connectivity index (χ0n) is 10.3. The van der Waals surface area contributed by atoms with Gasteiger partial charge >= 0.3 is 0 Å². The maximum Gasteiger partial charge on any atom is 0.0923 e. The molecule has 0 aliphatic carbocycles. The minimum Gasteiger partial charge on any atom is -0.317 e. The van der Waals surface area contributed by atoms with Gasteiger partial charge in [0, 0.05) is 18.1 Å². The quantitative estimate of drug-likeness (QED) is 0.856. The molecule has 1 aliphatic heterocycles. The molecule has 1 N–H and O–H groups in total. The molecule has 3 nitrogen and oxygen atoms in total. The van der Waals surface area contributed by atoms with Gasteiger partial charge in [0.15, 0.2) is 0 Å². The van der Waals surface area contributed by atoms with Gasteiger partial charge in [-0.25, -0.2) is 0 Å². The molecule has 0 atom stereocenters. The molecule has 2 heterocycles. The Morgan fingerprint density at radius 1 is 1.35 bits per heavy atom. The predicted octanol–water partition coefficient (Wildman–Crippen LogP) is 2.34. The van der Waals surface area contributed by atoms with Crippen molar-refractivity contribution in [2.75, 3.05) is 13.1 Å². The maximum absolute atomic E-state index is 4.64. The standard InChI is InChI=1S/C14H19N3/c1-11-2-3-14-13(8-11)10-17(16-14)9-12-4-6-15-7-5-12/h2-3,8,10,12,15H,4-7,9H2,1H3. The SMILES string of the molecule is Cc1ccc2nn(CC3CCNCC3)cc2c1. The van der Waals surface area contributed by atoms with E-state index in [0.717, 1.165) is 31.1 Å². The third-order valence-electron chi connectivity index (χ3n) is 3.61. The van der Waals surface area contributed by atoms with Gasteiger partial charge in [-0.05, 0) is 50.9 Å². The highest BCUT2D eigenvalue weighted by Crippen LogP contribution is 2.18. The van der Waals surface area contributed by atoms with Crippen LogP contribution in [0.2, 0.25) is 0 Å². The van der Waals surface area contributed by atoms with Crippen molar-refractivity contribution in [2.24, 2.45) is 5.92 Å². The van der Waals surface area contributed by atoms with Crippen molar-refractivity contribution in [1.29, 1.82) is 0 Å². The number of nitrogens with zero attached hydrogens (tertiary/aromatic N) is 2. The molecule has 0 bridgehead atoms. The predicted molar refractivity (Wildman–Crippen MR) is 70.1 cm³/mol. The van der Waals surface area contributed by atoms with Gasteiger partial charge in [-0.2, -0.15) is 5.10 Å². The summed E-state index contributed by atoms with van der Waals surface area (Å²) in [4.78, 5) is 0. The number of fused-ring (bicyclic) bond motifs is 1. The molecule has 0 radical (unpaired) electrons. The monoisotopic (exact) mass is 229 g/mol. The summed E-state index contributed by atoms with van der Waals surface area (Å²) < 4.78 is 2.13. The highest BCUT2D eigenvalue weighted by Gasteiger charge is 2.14. The second-order valence-electron chi connectivity index (χ2n) is 5.11. The minimum absolute atomic E-state index is 0.784. The van der Waals surface area contributed by atoms with Crippen LogP contribution in [0.5, 0.6) is 0 Å². The Morgan fingerprint density at radius 3 is 3.00 bits per heavy atom. The zero-order valence-corrected chi connectivity index (χ0v) is 10.3. The largest absolute Gasteiger partial charge is 0.317 e. The Kier molecular flexibility index (Phi) is 2.85. The van der Waals surface area contributed by atoms with Crippen molar-refractivity contribution in [1.82, 2.24) is 15.1 Å². The Hall–Kier alpha value is -1.35. The zero-order chi connectivity index (χ0) is 11.7. The van der Waals surface area contributed by atoms with E-state index in [-0.39, 0.29) is 0 Å². The maximum atomic E-state index is 4.64. The van der Waals surface area contributed by atoms with Crippen LogP contribution in [0.25, 0.3) is 10.9 Å². The molecule has 0 spiro atoms. The van der Waals surface area contributed by atoms with Crippen LogP contribution in [0.4, 0.5) is 0 Å². The average Bonchev–Trinajstić information content (AvgIpc) is 2.71. The van der Waals surface area contributed by atoms with E-state index in [0.29, 0.717) is 0 Å². The van der Waals surface area contributed by atoms with Crippen LogP contribution in [-0.4, -0.2) is 22.9 Å². The van der Waals surface area contributed by atoms with E-state index in [1.165, 1.54) is 23.8 Å². The molecule has 1 aromatic heterocycles. The van der Waals surface area contributed by atoms with E-state index in [2.05, 4.69) is 46.4 Å². The topological polar surface area (TPSA) is 29.9 Å². The highest BCUT2D eigenvalue weighted by atomic mass is 15.3. The molecular formula is C14H19N3. The molecule has 0 amide bonds. The van der Waals surface area contributed by atoms with E-state index >= 15 is 0 Å². The number of aryl methyl sites for hydroxylation is 1. The van der Waals surface area contributed by atoms with E-state index in [4.69, 9.17) is 0 Å². The number of hydrogen-bond acceptors (Lipinski definition) is 2. The van der Waals surface area contributed by atoms with Gasteiger partial charge in [0.1, 0.15) is 0 Å². The summed E-state index contributed by atoms with van der Waals surface area (Å²) in [6, 6.07) is 6.45. The molecule has 0 saturated carbocycles. The summed E-state index contributed by atoms with van der Waals surface area (Å²) in [7, 11) is 0. The van der Waals surface area contributed by atoms with Crippen LogP contribution in [0.1, 0.15) is 18.4 Å². The van der Waals surface area contributed by atoms with E-state index in [1.807, 2.05) is 0 Å². The smallest absolute Gasteiger partial charge is 0.0923 e. The third kappa shape index (κ3) is 2.34. The minimum atomic E-state index is 0.784. The molecule has 1 fully saturated rings. The van der Waals surface area contributed by atoms with E-state index < -0.39 is 0 Å². The van der Waals surface area contributed by atoms with Crippen LogP contribution in [0.15, 0.2) is 24.4 Å². The van der Waals surface area contributed by atoms with Gasteiger partial charge in [0.2, 0.25) is 0 Å². The number of aromatic nitrogens is 2. The van der Waals surface area contributed by atoms with Crippen LogP contribution in [-0.2, 0) is 6.54 Å². The van der Waals surface area contributed by atoms with Gasteiger partial charge in [-0.15, -0.1) is 0 Å². The lowest BCUT2D eigenvalue weighted by Gasteiger charge is -2.22. The van der Waals surface area contributed by atoms with Gasteiger partial charge in [0.05, 0.1) is 5.52 Å². The Balaban J connectivity index is 1.80. The number of benzene rings is 1. The summed E-state index contributed by atoms with van der Waals surface area (Å²) >= 11 is 0. The second kappa shape index (κ2) is 4.49. The molecule has 1 saturated heterocycles. The summed E-state index contributed by atoms with van der Waals surface area (Å²) in [5.41, 5.74) is 2.42. The Bertz CT molecular complexity index is 509. The highest BCUT2D eigenvalue weighted by molar-refractivity contribution is 5.78. The fourth-order valence-electron chi connectivity index (χ4n) is 2.62. The Labute approximate surface area is 102 Å². The van der Waals surface area contributed by atoms with Crippen molar-refractivity contribution in [3.8, 4) is 0 Å². The molecule has 1 aliphatic rings. The van der Waals surface area contributed by atoms with Crippen molar-refractivity contribution >= 4 is 10.9 Å². The van der Waals surface area contributed by atoms with Crippen molar-refractivity contribution < 1.29 is 0 Å². The third-order valence-corrected chi connectivity index (χ3v) is 3.61. The lowest BCUT2D eigenvalue weighted by atomic mass is 9.98. The Morgan fingerprint density at radius 2 is 2.18 bits per heavy atom. The van der Waals surface area contributed by atoms with Crippen LogP contribution < -0.4 is 5.32 Å². The number of nitrogens with one attached hydrogen (secondary N) is 1. The fraction of sp³-hybridized carbons (Fsp3) is 0.500. The number of piperidine rings is 1. The first-order valence-corrected chi connectivity index (χ1v) is 6.46. The molecule has 1 aromatic carbocycles. The molecule has 3 heteroatoms. The van der Waals surface area contributed by atoms with Crippen molar-refractivity contribution in [2.45, 2.75) is 26.3 Å². The van der Waals surface area contributed by atoms with Gasteiger partial charge in [0.25, 0.3) is 0 Å². The summed E-state index contributed by atoms with van der Waals surface area (Å²) in [6.45, 7) is 5.51. The molecule has 90 valence electrons. The van der Waals surface area contributed by atoms with Crippen LogP contribution >= 0.6 is 0 Å². The summed E-state index contributed by atoms with van der Waals surface area (Å²) in [5.74, 6) is 0.784. The lowest BCUT2D eigenvalue weighted by molar-refractivity contribution is 0.322. The summed E-state index contributed by atoms with van der Waals surface area (Å²) in [5, 5.41) is 9.31. The van der Waals surface area contributed by atoms with Crippen molar-refractivity contribution in [3.63, 3.8) is 0 Å². The summed E-state index contributed by atoms with van der Waals surface area (Å²) in [6.07, 6.45) is 4.73. The fourth-order valence-corrected chi connectivity index (χ4v) is 2.62. The van der Waals surface area contributed by atoms with Crippen LogP contribution in [0, 0.1) is 12.8 Å². The first-order valence-electron chi connectivity index (χ1n) is 6.46. The average molecular weight is 229 g/mol. The number of hydrogen-bond donors (Lipinski definition) is 1. The first kappa shape index (κ1) is 10.8. The second-order valence-corrected chi connectivity index (χ2v) is 5.11. The molecule has 2 aromatic rings. The van der Waals surface area contributed by atoms with Gasteiger partial charge < -0.3 is 5.32 Å². The van der Waals surface area contributed by atoms with E-state index in [9.17, 15) is 0 Å². The molecule has 17 heavy (non-hydrogen) atoms. The van der Waals surface area contributed by atoms with Gasteiger partial charge in [-0.1, -0.05) is 11.6 Å². The first-order chi connectivity index (χ1) is 8.31. The normalized spacial score (nSPS) is 17.7. The van der Waals surface area contributed by atoms with Crippen molar-refractivity contribution in [3.05, 3.63) is 30.0 Å². The molecule has 0 unspecified atom stereocenters. The molecule has 3 rings (SSSR count). The lowest BCUT2D eigenvalue weighted by Crippen LogP contribution is -2.29. The molecular weight excluding hydrogens is 210 g/mol. The van der Waals surface area contributed by atoms with E-state index in [1.54, 1.807) is 0 Å².